The largest absolute Gasteiger partial charge is 0.375 e. The van der Waals surface area contributed by atoms with Gasteiger partial charge in [-0.1, -0.05) is 47.6 Å². The second-order valence-corrected chi connectivity index (χ2v) is 8.42. The number of morpholine rings is 1. The highest BCUT2D eigenvalue weighted by Crippen LogP contribution is 2.25. The minimum absolute atomic E-state index is 0.167. The van der Waals surface area contributed by atoms with Crippen molar-refractivity contribution in [1.82, 2.24) is 20.1 Å². The number of ether oxygens (including phenoxy) is 1. The van der Waals surface area contributed by atoms with Crippen molar-refractivity contribution >= 4 is 34.7 Å². The number of aromatic amines is 1. The van der Waals surface area contributed by atoms with Gasteiger partial charge in [0.1, 0.15) is 0 Å². The van der Waals surface area contributed by atoms with Gasteiger partial charge < -0.3 is 4.74 Å². The van der Waals surface area contributed by atoms with Gasteiger partial charge in [0.15, 0.2) is 5.82 Å². The van der Waals surface area contributed by atoms with Gasteiger partial charge >= 0.3 is 0 Å². The summed E-state index contributed by atoms with van der Waals surface area (Å²) in [6, 6.07) is 12.1. The van der Waals surface area contributed by atoms with Crippen LogP contribution in [-0.4, -0.2) is 51.6 Å². The van der Waals surface area contributed by atoms with Crippen LogP contribution in [0.4, 0.5) is 0 Å². The predicted molar refractivity (Wildman–Crippen MR) is 107 cm³/mol. The highest BCUT2D eigenvalue weighted by molar-refractivity contribution is 7.99. The van der Waals surface area contributed by atoms with Gasteiger partial charge in [-0.15, -0.1) is 16.4 Å². The SMILES string of the molecule is Clc1ccccc1CN1CCOC(CSc2n[nH]c(-c3cccs3)n2)C1. The number of hydrogen-bond donors (Lipinski definition) is 1. The Balaban J connectivity index is 1.30. The number of H-pyrrole nitrogens is 1. The van der Waals surface area contributed by atoms with Crippen molar-refractivity contribution in [1.29, 1.82) is 0 Å². The molecule has 5 nitrogen and oxygen atoms in total. The third-order valence-electron chi connectivity index (χ3n) is 4.19. The fourth-order valence-corrected chi connectivity index (χ4v) is 4.56. The smallest absolute Gasteiger partial charge is 0.208 e. The Morgan fingerprint density at radius 2 is 2.23 bits per heavy atom. The highest BCUT2D eigenvalue weighted by Gasteiger charge is 2.22. The van der Waals surface area contributed by atoms with Crippen LogP contribution in [0.25, 0.3) is 10.7 Å². The van der Waals surface area contributed by atoms with Crippen LogP contribution in [0, 0.1) is 0 Å². The van der Waals surface area contributed by atoms with Gasteiger partial charge in [-0.3, -0.25) is 10.00 Å². The van der Waals surface area contributed by atoms with Crippen molar-refractivity contribution in [2.75, 3.05) is 25.4 Å². The molecule has 0 aliphatic carbocycles. The summed E-state index contributed by atoms with van der Waals surface area (Å²) in [5.74, 6) is 1.66. The maximum Gasteiger partial charge on any atom is 0.208 e. The third kappa shape index (κ3) is 4.47. The second-order valence-electron chi connectivity index (χ2n) is 6.07. The van der Waals surface area contributed by atoms with Gasteiger partial charge in [0.2, 0.25) is 5.16 Å². The molecule has 1 atom stereocenters. The monoisotopic (exact) mass is 406 g/mol. The maximum atomic E-state index is 6.28. The number of thiophene rings is 1. The number of rotatable bonds is 6. The van der Waals surface area contributed by atoms with Gasteiger partial charge in [0, 0.05) is 30.4 Å². The first-order valence-corrected chi connectivity index (χ1v) is 10.7. The van der Waals surface area contributed by atoms with E-state index in [1.54, 1.807) is 23.1 Å². The minimum atomic E-state index is 0.167. The van der Waals surface area contributed by atoms with Gasteiger partial charge in [-0.05, 0) is 23.1 Å². The molecule has 4 rings (SSSR count). The fraction of sp³-hybridized carbons (Fsp3) is 0.333. The number of nitrogens with zero attached hydrogens (tertiary/aromatic N) is 3. The van der Waals surface area contributed by atoms with Crippen molar-refractivity contribution in [2.45, 2.75) is 17.8 Å². The molecule has 2 aromatic heterocycles. The van der Waals surface area contributed by atoms with E-state index in [0.29, 0.717) is 0 Å². The van der Waals surface area contributed by atoms with Crippen molar-refractivity contribution in [3.05, 3.63) is 52.4 Å². The van der Waals surface area contributed by atoms with Crippen LogP contribution >= 0.6 is 34.7 Å². The molecule has 1 saturated heterocycles. The van der Waals surface area contributed by atoms with Crippen LogP contribution in [0.1, 0.15) is 5.56 Å². The van der Waals surface area contributed by atoms with Gasteiger partial charge in [0.25, 0.3) is 0 Å². The van der Waals surface area contributed by atoms with E-state index in [4.69, 9.17) is 16.3 Å². The Morgan fingerprint density at radius 1 is 1.31 bits per heavy atom. The molecule has 26 heavy (non-hydrogen) atoms. The van der Waals surface area contributed by atoms with Crippen LogP contribution in [0.3, 0.4) is 0 Å². The van der Waals surface area contributed by atoms with E-state index in [-0.39, 0.29) is 6.10 Å². The summed E-state index contributed by atoms with van der Waals surface area (Å²) in [7, 11) is 0. The predicted octanol–water partition coefficient (Wildman–Crippen LogP) is 4.18. The quantitative estimate of drug-likeness (QED) is 0.622. The summed E-state index contributed by atoms with van der Waals surface area (Å²) in [6.07, 6.45) is 0.167. The lowest BCUT2D eigenvalue weighted by Crippen LogP contribution is -2.43. The Morgan fingerprint density at radius 3 is 3.08 bits per heavy atom. The summed E-state index contributed by atoms with van der Waals surface area (Å²) in [5, 5.41) is 10.9. The molecule has 0 saturated carbocycles. The number of halogens is 1. The summed E-state index contributed by atoms with van der Waals surface area (Å²) < 4.78 is 5.92. The molecule has 1 N–H and O–H groups in total. The molecule has 8 heteroatoms. The van der Waals surface area contributed by atoms with Crippen molar-refractivity contribution in [3.63, 3.8) is 0 Å². The van der Waals surface area contributed by atoms with E-state index in [9.17, 15) is 0 Å². The maximum absolute atomic E-state index is 6.28. The first-order chi connectivity index (χ1) is 12.8. The molecule has 0 bridgehead atoms. The first-order valence-electron chi connectivity index (χ1n) is 8.44. The van der Waals surface area contributed by atoms with Gasteiger partial charge in [-0.2, -0.15) is 0 Å². The number of aromatic nitrogens is 3. The number of thioether (sulfide) groups is 1. The molecular weight excluding hydrogens is 388 g/mol. The Labute approximate surface area is 165 Å². The fourth-order valence-electron chi connectivity index (χ4n) is 2.89. The Bertz CT molecular complexity index is 839. The van der Waals surface area contributed by atoms with Crippen LogP contribution in [0.2, 0.25) is 5.02 Å². The lowest BCUT2D eigenvalue weighted by atomic mass is 10.2. The van der Waals surface area contributed by atoms with E-state index in [1.807, 2.05) is 35.7 Å². The molecule has 1 aliphatic heterocycles. The summed E-state index contributed by atoms with van der Waals surface area (Å²) in [5.41, 5.74) is 1.16. The standard InChI is InChI=1S/C18H19ClN4OS2/c19-15-5-2-1-4-13(15)10-23-7-8-24-14(11-23)12-26-18-20-17(21-22-18)16-6-3-9-25-16/h1-6,9,14H,7-8,10-12H2,(H,20,21,22). The summed E-state index contributed by atoms with van der Waals surface area (Å²) >= 11 is 9.57. The van der Waals surface area contributed by atoms with E-state index in [2.05, 4.69) is 26.1 Å². The molecule has 136 valence electrons. The molecule has 0 radical (unpaired) electrons. The topological polar surface area (TPSA) is 54.0 Å². The normalized spacial score (nSPS) is 18.3. The third-order valence-corrected chi connectivity index (χ3v) is 6.42. The summed E-state index contributed by atoms with van der Waals surface area (Å²) in [6.45, 7) is 3.41. The highest BCUT2D eigenvalue weighted by atomic mass is 35.5. The average molecular weight is 407 g/mol. The second kappa shape index (κ2) is 8.54. The molecule has 1 aromatic carbocycles. The van der Waals surface area contributed by atoms with E-state index >= 15 is 0 Å². The van der Waals surface area contributed by atoms with Gasteiger partial charge in [-0.25, -0.2) is 4.98 Å². The number of benzene rings is 1. The summed E-state index contributed by atoms with van der Waals surface area (Å²) in [4.78, 5) is 8.05. The van der Waals surface area contributed by atoms with E-state index < -0.39 is 0 Å². The molecule has 3 aromatic rings. The van der Waals surface area contributed by atoms with Crippen molar-refractivity contribution < 1.29 is 4.74 Å². The van der Waals surface area contributed by atoms with Crippen molar-refractivity contribution in [3.8, 4) is 10.7 Å². The van der Waals surface area contributed by atoms with E-state index in [1.165, 1.54) is 0 Å². The van der Waals surface area contributed by atoms with Crippen molar-refractivity contribution in [2.24, 2.45) is 0 Å². The zero-order valence-corrected chi connectivity index (χ0v) is 16.5. The van der Waals surface area contributed by atoms with Crippen LogP contribution in [0.5, 0.6) is 0 Å². The van der Waals surface area contributed by atoms with Crippen LogP contribution in [-0.2, 0) is 11.3 Å². The number of nitrogens with one attached hydrogen (secondary N) is 1. The molecular formula is C18H19ClN4OS2. The van der Waals surface area contributed by atoms with E-state index in [0.717, 1.165) is 58.4 Å². The zero-order chi connectivity index (χ0) is 17.8. The minimum Gasteiger partial charge on any atom is -0.375 e. The number of hydrogen-bond acceptors (Lipinski definition) is 6. The zero-order valence-electron chi connectivity index (χ0n) is 14.1. The molecule has 1 aliphatic rings. The molecule has 0 spiro atoms. The lowest BCUT2D eigenvalue weighted by molar-refractivity contribution is -0.0187. The van der Waals surface area contributed by atoms with Crippen LogP contribution < -0.4 is 0 Å². The average Bonchev–Trinajstić information content (AvgIpc) is 3.34. The first kappa shape index (κ1) is 18.0. The molecule has 1 fully saturated rings. The Hall–Kier alpha value is -1.38. The Kier molecular flexibility index (Phi) is 5.91. The van der Waals surface area contributed by atoms with Crippen LogP contribution in [0.15, 0.2) is 46.9 Å². The molecule has 0 amide bonds. The lowest BCUT2D eigenvalue weighted by Gasteiger charge is -2.32. The van der Waals surface area contributed by atoms with Gasteiger partial charge in [0.05, 0.1) is 17.6 Å². The molecule has 3 heterocycles. The molecule has 1 unspecified atom stereocenters.